The van der Waals surface area contributed by atoms with E-state index in [1.807, 2.05) is 0 Å². The molecule has 1 rings (SSSR count). The second kappa shape index (κ2) is 7.96. The normalized spacial score (nSPS) is 10.5. The molecule has 0 fully saturated rings. The Kier molecular flexibility index (Phi) is 6.48. The van der Waals surface area contributed by atoms with Crippen molar-refractivity contribution in [2.75, 3.05) is 13.2 Å². The van der Waals surface area contributed by atoms with E-state index in [-0.39, 0.29) is 18.0 Å². The van der Waals surface area contributed by atoms with Gasteiger partial charge in [-0.3, -0.25) is 4.79 Å². The lowest BCUT2D eigenvalue weighted by Gasteiger charge is -2.04. The zero-order chi connectivity index (χ0) is 12.5. The largest absolute Gasteiger partial charge is 0.373 e. The Labute approximate surface area is 102 Å². The van der Waals surface area contributed by atoms with Crippen molar-refractivity contribution in [1.29, 1.82) is 0 Å². The van der Waals surface area contributed by atoms with Crippen molar-refractivity contribution >= 4 is 5.78 Å². The second-order valence-electron chi connectivity index (χ2n) is 4.02. The minimum absolute atomic E-state index is 0.0347. The van der Waals surface area contributed by atoms with Gasteiger partial charge in [0.1, 0.15) is 12.4 Å². The Morgan fingerprint density at radius 1 is 1.24 bits per heavy atom. The number of halogens is 1. The van der Waals surface area contributed by atoms with Crippen LogP contribution in [0.5, 0.6) is 0 Å². The lowest BCUT2D eigenvalue weighted by Crippen LogP contribution is -2.11. The van der Waals surface area contributed by atoms with Crippen LogP contribution in [0.3, 0.4) is 0 Å². The summed E-state index contributed by atoms with van der Waals surface area (Å²) >= 11 is 0. The van der Waals surface area contributed by atoms with Gasteiger partial charge in [0, 0.05) is 6.61 Å². The number of ether oxygens (including phenoxy) is 1. The summed E-state index contributed by atoms with van der Waals surface area (Å²) in [6.45, 7) is 2.68. The third-order valence-electron chi connectivity index (χ3n) is 2.55. The standard InChI is InChI=1S/C14H19FO2/c1-2-3-4-7-10-17-11-14(16)12-8-5-6-9-13(12)15/h5-6,8-9H,2-4,7,10-11H2,1H3. The molecule has 0 amide bonds. The van der Waals surface area contributed by atoms with Gasteiger partial charge >= 0.3 is 0 Å². The van der Waals surface area contributed by atoms with Crippen molar-refractivity contribution in [3.63, 3.8) is 0 Å². The second-order valence-corrected chi connectivity index (χ2v) is 4.02. The van der Waals surface area contributed by atoms with E-state index in [1.165, 1.54) is 25.0 Å². The Balaban J connectivity index is 2.24. The molecule has 0 heterocycles. The molecule has 0 N–H and O–H groups in total. The van der Waals surface area contributed by atoms with E-state index >= 15 is 0 Å². The van der Waals surface area contributed by atoms with Crippen LogP contribution < -0.4 is 0 Å². The first-order chi connectivity index (χ1) is 8.25. The molecule has 0 aromatic heterocycles. The molecule has 1 aromatic rings. The Bertz CT molecular complexity index is 350. The summed E-state index contributed by atoms with van der Waals surface area (Å²) in [6, 6.07) is 5.99. The summed E-state index contributed by atoms with van der Waals surface area (Å²) < 4.78 is 18.5. The zero-order valence-electron chi connectivity index (χ0n) is 10.2. The number of Topliss-reactive ketones (excluding diaryl/α,β-unsaturated/α-hetero) is 1. The Morgan fingerprint density at radius 3 is 2.71 bits per heavy atom. The van der Waals surface area contributed by atoms with E-state index in [1.54, 1.807) is 12.1 Å². The SMILES string of the molecule is CCCCCCOCC(=O)c1ccccc1F. The average Bonchev–Trinajstić information content (AvgIpc) is 2.34. The van der Waals surface area contributed by atoms with E-state index in [2.05, 4.69) is 6.92 Å². The monoisotopic (exact) mass is 238 g/mol. The number of ketones is 1. The summed E-state index contributed by atoms with van der Waals surface area (Å²) in [5, 5.41) is 0. The van der Waals surface area contributed by atoms with Gasteiger partial charge in [-0.15, -0.1) is 0 Å². The molecule has 3 heteroatoms. The van der Waals surface area contributed by atoms with Gasteiger partial charge in [-0.25, -0.2) is 4.39 Å². The van der Waals surface area contributed by atoms with E-state index in [4.69, 9.17) is 4.74 Å². The molecular weight excluding hydrogens is 219 g/mol. The van der Waals surface area contributed by atoms with Crippen molar-refractivity contribution in [2.24, 2.45) is 0 Å². The molecule has 0 saturated carbocycles. The predicted octanol–water partition coefficient (Wildman–Crippen LogP) is 3.61. The maximum atomic E-state index is 13.2. The maximum absolute atomic E-state index is 13.2. The number of rotatable bonds is 8. The van der Waals surface area contributed by atoms with Crippen LogP contribution in [0.4, 0.5) is 4.39 Å². The van der Waals surface area contributed by atoms with Crippen LogP contribution in [0, 0.1) is 5.82 Å². The van der Waals surface area contributed by atoms with Crippen molar-refractivity contribution in [1.82, 2.24) is 0 Å². The number of carbonyl (C=O) groups is 1. The van der Waals surface area contributed by atoms with Crippen molar-refractivity contribution in [3.05, 3.63) is 35.6 Å². The summed E-state index contributed by atoms with van der Waals surface area (Å²) in [7, 11) is 0. The molecule has 17 heavy (non-hydrogen) atoms. The van der Waals surface area contributed by atoms with Gasteiger partial charge < -0.3 is 4.74 Å². The van der Waals surface area contributed by atoms with Crippen LogP contribution in [0.15, 0.2) is 24.3 Å². The lowest BCUT2D eigenvalue weighted by atomic mass is 10.1. The number of benzene rings is 1. The quantitative estimate of drug-likeness (QED) is 0.511. The van der Waals surface area contributed by atoms with E-state index in [0.717, 1.165) is 12.8 Å². The van der Waals surface area contributed by atoms with Gasteiger partial charge in [-0.05, 0) is 18.6 Å². The minimum Gasteiger partial charge on any atom is -0.373 e. The first-order valence-corrected chi connectivity index (χ1v) is 6.11. The van der Waals surface area contributed by atoms with E-state index in [9.17, 15) is 9.18 Å². The predicted molar refractivity (Wildman–Crippen MR) is 65.7 cm³/mol. The first kappa shape index (κ1) is 13.8. The molecule has 0 saturated heterocycles. The fourth-order valence-electron chi connectivity index (χ4n) is 1.56. The molecule has 0 spiro atoms. The fourth-order valence-corrected chi connectivity index (χ4v) is 1.56. The van der Waals surface area contributed by atoms with Gasteiger partial charge in [0.15, 0.2) is 5.78 Å². The molecule has 0 aliphatic heterocycles. The lowest BCUT2D eigenvalue weighted by molar-refractivity contribution is 0.0748. The zero-order valence-corrected chi connectivity index (χ0v) is 10.2. The summed E-state index contributed by atoms with van der Waals surface area (Å²) in [4.78, 5) is 11.6. The van der Waals surface area contributed by atoms with Crippen LogP contribution in [-0.2, 0) is 4.74 Å². The molecule has 0 bridgehead atoms. The highest BCUT2D eigenvalue weighted by Gasteiger charge is 2.10. The molecule has 1 aromatic carbocycles. The van der Waals surface area contributed by atoms with E-state index in [0.29, 0.717) is 6.61 Å². The summed E-state index contributed by atoms with van der Waals surface area (Å²) in [6.07, 6.45) is 4.43. The molecule has 0 radical (unpaired) electrons. The van der Waals surface area contributed by atoms with Crippen LogP contribution in [-0.4, -0.2) is 19.0 Å². The third kappa shape index (κ3) is 5.09. The smallest absolute Gasteiger partial charge is 0.191 e. The molecule has 2 nitrogen and oxygen atoms in total. The minimum atomic E-state index is -0.480. The topological polar surface area (TPSA) is 26.3 Å². The molecular formula is C14H19FO2. The van der Waals surface area contributed by atoms with Crippen molar-refractivity contribution < 1.29 is 13.9 Å². The Hall–Kier alpha value is -1.22. The Morgan fingerprint density at radius 2 is 2.00 bits per heavy atom. The van der Waals surface area contributed by atoms with Gasteiger partial charge in [-0.2, -0.15) is 0 Å². The van der Waals surface area contributed by atoms with Crippen LogP contribution in [0.2, 0.25) is 0 Å². The number of carbonyl (C=O) groups excluding carboxylic acids is 1. The van der Waals surface area contributed by atoms with Gasteiger partial charge in [0.05, 0.1) is 5.56 Å². The molecule has 0 unspecified atom stereocenters. The van der Waals surface area contributed by atoms with Crippen LogP contribution in [0.1, 0.15) is 43.0 Å². The fraction of sp³-hybridized carbons (Fsp3) is 0.500. The van der Waals surface area contributed by atoms with Gasteiger partial charge in [0.25, 0.3) is 0 Å². The van der Waals surface area contributed by atoms with Crippen molar-refractivity contribution in [2.45, 2.75) is 32.6 Å². The first-order valence-electron chi connectivity index (χ1n) is 6.11. The molecule has 0 atom stereocenters. The van der Waals surface area contributed by atoms with E-state index < -0.39 is 5.82 Å². The third-order valence-corrected chi connectivity index (χ3v) is 2.55. The molecule has 0 aliphatic rings. The molecule has 0 aliphatic carbocycles. The van der Waals surface area contributed by atoms with Crippen LogP contribution >= 0.6 is 0 Å². The number of unbranched alkanes of at least 4 members (excludes halogenated alkanes) is 3. The van der Waals surface area contributed by atoms with Crippen molar-refractivity contribution in [3.8, 4) is 0 Å². The summed E-state index contributed by atoms with van der Waals surface area (Å²) in [5.74, 6) is -0.773. The highest BCUT2D eigenvalue weighted by molar-refractivity contribution is 5.97. The highest BCUT2D eigenvalue weighted by atomic mass is 19.1. The summed E-state index contributed by atoms with van der Waals surface area (Å²) in [5.41, 5.74) is 0.112. The average molecular weight is 238 g/mol. The molecule has 94 valence electrons. The number of hydrogen-bond donors (Lipinski definition) is 0. The highest BCUT2D eigenvalue weighted by Crippen LogP contribution is 2.07. The van der Waals surface area contributed by atoms with Crippen LogP contribution in [0.25, 0.3) is 0 Å². The maximum Gasteiger partial charge on any atom is 0.191 e. The number of hydrogen-bond acceptors (Lipinski definition) is 2. The van der Waals surface area contributed by atoms with Gasteiger partial charge in [-0.1, -0.05) is 38.3 Å². The van der Waals surface area contributed by atoms with Gasteiger partial charge in [0.2, 0.25) is 0 Å².